The van der Waals surface area contributed by atoms with Crippen LogP contribution in [0.2, 0.25) is 0 Å². The molecule has 0 radical (unpaired) electrons. The molecule has 0 aromatic heterocycles. The molecule has 2 aromatic carbocycles. The predicted molar refractivity (Wildman–Crippen MR) is 103 cm³/mol. The molecule has 2 aromatic rings. The average Bonchev–Trinajstić information content (AvgIpc) is 2.61. The lowest BCUT2D eigenvalue weighted by Crippen LogP contribution is -2.39. The lowest BCUT2D eigenvalue weighted by molar-refractivity contribution is -0.383. The molecular formula is C19H24N4O3. The van der Waals surface area contributed by atoms with E-state index in [1.54, 1.807) is 19.2 Å². The largest absolute Gasteiger partial charge is 0.350 e. The van der Waals surface area contributed by atoms with Gasteiger partial charge in [-0.15, -0.1) is 0 Å². The van der Waals surface area contributed by atoms with Crippen molar-refractivity contribution in [1.82, 2.24) is 4.90 Å². The summed E-state index contributed by atoms with van der Waals surface area (Å²) in [4.78, 5) is 25.1. The number of nitrogens with zero attached hydrogens (tertiary/aromatic N) is 2. The van der Waals surface area contributed by atoms with Crippen molar-refractivity contribution in [3.05, 3.63) is 64.2 Å². The number of hydrogen-bond acceptors (Lipinski definition) is 5. The Morgan fingerprint density at radius 1 is 1.23 bits per heavy atom. The Bertz CT molecular complexity index is 791. The van der Waals surface area contributed by atoms with Gasteiger partial charge in [0.25, 0.3) is 11.6 Å². The van der Waals surface area contributed by atoms with Crippen LogP contribution in [0.4, 0.5) is 17.1 Å². The minimum Gasteiger partial charge on any atom is -0.350 e. The summed E-state index contributed by atoms with van der Waals surface area (Å²) >= 11 is 0. The van der Waals surface area contributed by atoms with Crippen LogP contribution in [0, 0.1) is 15.5 Å². The van der Waals surface area contributed by atoms with Crippen molar-refractivity contribution >= 4 is 23.0 Å². The van der Waals surface area contributed by atoms with Crippen LogP contribution in [0.5, 0.6) is 0 Å². The van der Waals surface area contributed by atoms with Gasteiger partial charge in [-0.3, -0.25) is 14.9 Å². The van der Waals surface area contributed by atoms with Crippen molar-refractivity contribution in [3.8, 4) is 0 Å². The van der Waals surface area contributed by atoms with Crippen molar-refractivity contribution in [1.29, 1.82) is 0 Å². The summed E-state index contributed by atoms with van der Waals surface area (Å²) in [6.07, 6.45) is 0. The molecule has 0 saturated heterocycles. The molecular weight excluding hydrogens is 332 g/mol. The Morgan fingerprint density at radius 2 is 1.88 bits per heavy atom. The van der Waals surface area contributed by atoms with Gasteiger partial charge in [-0.25, -0.2) is 0 Å². The fourth-order valence-corrected chi connectivity index (χ4v) is 2.60. The van der Waals surface area contributed by atoms with Crippen LogP contribution in [-0.4, -0.2) is 35.9 Å². The van der Waals surface area contributed by atoms with E-state index in [9.17, 15) is 14.9 Å². The summed E-state index contributed by atoms with van der Waals surface area (Å²) in [6.45, 7) is 4.82. The Balaban J connectivity index is 2.27. The molecule has 1 amide bonds. The van der Waals surface area contributed by atoms with E-state index in [1.807, 2.05) is 44.2 Å². The van der Waals surface area contributed by atoms with Gasteiger partial charge in [0.15, 0.2) is 0 Å². The second-order valence-corrected chi connectivity index (χ2v) is 7.01. The summed E-state index contributed by atoms with van der Waals surface area (Å²) in [5.74, 6) is -0.277. The van der Waals surface area contributed by atoms with Crippen LogP contribution in [0.25, 0.3) is 0 Å². The molecule has 0 aliphatic heterocycles. The normalized spacial score (nSPS) is 11.1. The number of nitro benzene ring substituents is 1. The Hall–Kier alpha value is -2.93. The molecule has 2 rings (SSSR count). The van der Waals surface area contributed by atoms with E-state index >= 15 is 0 Å². The number of nitrogens with two attached hydrogens (primary N) is 1. The molecule has 7 heteroatoms. The highest BCUT2D eigenvalue weighted by Crippen LogP contribution is 2.29. The lowest BCUT2D eigenvalue weighted by Gasteiger charge is -2.29. The highest BCUT2D eigenvalue weighted by atomic mass is 16.6. The van der Waals surface area contributed by atoms with Gasteiger partial charge >= 0.3 is 0 Å². The number of carbonyl (C=O) groups excluding carboxylic acids is 1. The number of hydrogen-bond donors (Lipinski definition) is 2. The van der Waals surface area contributed by atoms with E-state index in [-0.39, 0.29) is 22.6 Å². The third kappa shape index (κ3) is 4.80. The average molecular weight is 356 g/mol. The maximum Gasteiger partial charge on any atom is 0.293 e. The van der Waals surface area contributed by atoms with E-state index in [0.717, 1.165) is 5.69 Å². The second-order valence-electron chi connectivity index (χ2n) is 7.01. The first-order valence-electron chi connectivity index (χ1n) is 8.29. The fourth-order valence-electron chi connectivity index (χ4n) is 2.60. The number of amides is 1. The van der Waals surface area contributed by atoms with Crippen molar-refractivity contribution in [2.45, 2.75) is 13.8 Å². The smallest absolute Gasteiger partial charge is 0.293 e. The van der Waals surface area contributed by atoms with Crippen LogP contribution < -0.4 is 11.1 Å². The van der Waals surface area contributed by atoms with E-state index in [1.165, 1.54) is 11.0 Å². The van der Waals surface area contributed by atoms with Crippen molar-refractivity contribution in [2.75, 3.05) is 25.5 Å². The summed E-state index contributed by atoms with van der Waals surface area (Å²) in [5.41, 5.74) is 6.67. The zero-order valence-electron chi connectivity index (χ0n) is 15.2. The number of carbonyl (C=O) groups is 1. The van der Waals surface area contributed by atoms with Crippen LogP contribution in [0.3, 0.4) is 0 Å². The molecule has 3 N–H and O–H groups in total. The minimum absolute atomic E-state index is 0.147. The number of para-hydroxylation sites is 1. The summed E-state index contributed by atoms with van der Waals surface area (Å²) in [6, 6.07) is 13.6. The molecule has 0 fully saturated rings. The Kier molecular flexibility index (Phi) is 5.94. The molecule has 0 bridgehead atoms. The zero-order valence-corrected chi connectivity index (χ0v) is 15.2. The molecule has 0 saturated carbocycles. The fraction of sp³-hybridized carbons (Fsp3) is 0.316. The van der Waals surface area contributed by atoms with Gasteiger partial charge in [0.2, 0.25) is 0 Å². The van der Waals surface area contributed by atoms with Crippen LogP contribution in [0.15, 0.2) is 48.5 Å². The molecule has 26 heavy (non-hydrogen) atoms. The maximum atomic E-state index is 12.6. The molecule has 0 unspecified atom stereocenters. The lowest BCUT2D eigenvalue weighted by atomic mass is 9.93. The molecule has 7 nitrogen and oxygen atoms in total. The number of anilines is 2. The van der Waals surface area contributed by atoms with Gasteiger partial charge in [0, 0.05) is 30.9 Å². The minimum atomic E-state index is -0.494. The van der Waals surface area contributed by atoms with Crippen molar-refractivity contribution in [3.63, 3.8) is 0 Å². The first-order valence-corrected chi connectivity index (χ1v) is 8.29. The number of rotatable bonds is 7. The van der Waals surface area contributed by atoms with Crippen LogP contribution >= 0.6 is 0 Å². The van der Waals surface area contributed by atoms with Crippen molar-refractivity contribution in [2.24, 2.45) is 11.1 Å². The van der Waals surface area contributed by atoms with E-state index < -0.39 is 4.92 Å². The first kappa shape index (κ1) is 19.4. The molecule has 0 atom stereocenters. The highest BCUT2D eigenvalue weighted by molar-refractivity contribution is 5.95. The molecule has 0 aliphatic rings. The van der Waals surface area contributed by atoms with Gasteiger partial charge in [-0.1, -0.05) is 32.0 Å². The standard InChI is InChI=1S/C19H24N4O3/c1-19(2,12-20)13-22(3)18(24)14-9-10-16(17(11-14)23(25)26)21-15-7-5-4-6-8-15/h4-11,21H,12-13,20H2,1-3H3. The predicted octanol–water partition coefficient (Wildman–Crippen LogP) is 3.40. The summed E-state index contributed by atoms with van der Waals surface area (Å²) < 4.78 is 0. The Morgan fingerprint density at radius 3 is 2.46 bits per heavy atom. The quantitative estimate of drug-likeness (QED) is 0.585. The topological polar surface area (TPSA) is 102 Å². The monoisotopic (exact) mass is 356 g/mol. The van der Waals surface area contributed by atoms with E-state index in [4.69, 9.17) is 5.73 Å². The van der Waals surface area contributed by atoms with E-state index in [0.29, 0.717) is 18.8 Å². The highest BCUT2D eigenvalue weighted by Gasteiger charge is 2.24. The van der Waals surface area contributed by atoms with Gasteiger partial charge in [0.1, 0.15) is 5.69 Å². The van der Waals surface area contributed by atoms with Gasteiger partial charge in [-0.2, -0.15) is 0 Å². The van der Waals surface area contributed by atoms with Gasteiger partial charge in [-0.05, 0) is 36.2 Å². The third-order valence-electron chi connectivity index (χ3n) is 4.06. The molecule has 0 aliphatic carbocycles. The third-order valence-corrected chi connectivity index (χ3v) is 4.06. The molecule has 138 valence electrons. The number of nitro groups is 1. The molecule has 0 spiro atoms. The van der Waals surface area contributed by atoms with Crippen LogP contribution in [-0.2, 0) is 0 Å². The van der Waals surface area contributed by atoms with Gasteiger partial charge < -0.3 is 16.0 Å². The SMILES string of the molecule is CN(CC(C)(C)CN)C(=O)c1ccc(Nc2ccccc2)c([N+](=O)[O-])c1. The summed E-state index contributed by atoms with van der Waals surface area (Å²) in [5, 5.41) is 14.5. The summed E-state index contributed by atoms with van der Waals surface area (Å²) in [7, 11) is 1.67. The van der Waals surface area contributed by atoms with Gasteiger partial charge in [0.05, 0.1) is 4.92 Å². The maximum absolute atomic E-state index is 12.6. The first-order chi connectivity index (χ1) is 12.2. The molecule has 0 heterocycles. The van der Waals surface area contributed by atoms with Crippen molar-refractivity contribution < 1.29 is 9.72 Å². The Labute approximate surface area is 153 Å². The second kappa shape index (κ2) is 7.97. The number of benzene rings is 2. The van der Waals surface area contributed by atoms with Crippen LogP contribution in [0.1, 0.15) is 24.2 Å². The number of nitrogens with one attached hydrogen (secondary N) is 1. The van der Waals surface area contributed by atoms with E-state index in [2.05, 4.69) is 5.32 Å². The zero-order chi connectivity index (χ0) is 19.3.